The molecule has 0 aliphatic rings. The standard InChI is InChI=1S/C17H29N9O5/c1-9(14(28)26-12(16(30)31)5-10-7-21-8-23-10)24-15(29)11(25-13(27)6-18)3-2-4-22-17(19)20/h7-9,11-12H,2-6,18H2,1H3,(H,21,23)(H,24,29)(H,25,27)(H,26,28)(H,30,31)(H4,19,20,22). The van der Waals surface area contributed by atoms with E-state index in [4.69, 9.17) is 17.2 Å². The van der Waals surface area contributed by atoms with E-state index in [1.54, 1.807) is 0 Å². The molecule has 0 aliphatic carbocycles. The van der Waals surface area contributed by atoms with Crippen LogP contribution in [0, 0.1) is 0 Å². The fourth-order valence-electron chi connectivity index (χ4n) is 2.52. The van der Waals surface area contributed by atoms with Crippen molar-refractivity contribution < 1.29 is 24.3 Å². The van der Waals surface area contributed by atoms with Gasteiger partial charge in [0.25, 0.3) is 0 Å². The SMILES string of the molecule is CC(NC(=O)C(CCCN=C(N)N)NC(=O)CN)C(=O)NC(Cc1cnc[nH]1)C(=O)O. The Morgan fingerprint density at radius 3 is 2.42 bits per heavy atom. The summed E-state index contributed by atoms with van der Waals surface area (Å²) in [7, 11) is 0. The quantitative estimate of drug-likeness (QED) is 0.0862. The molecule has 0 bridgehead atoms. The maximum Gasteiger partial charge on any atom is 0.326 e. The third kappa shape index (κ3) is 9.58. The molecule has 1 heterocycles. The van der Waals surface area contributed by atoms with E-state index in [0.29, 0.717) is 12.1 Å². The third-order valence-electron chi connectivity index (χ3n) is 4.13. The van der Waals surface area contributed by atoms with Gasteiger partial charge in [0.2, 0.25) is 17.7 Å². The number of guanidine groups is 1. The first-order valence-corrected chi connectivity index (χ1v) is 9.49. The minimum Gasteiger partial charge on any atom is -0.480 e. The number of aromatic nitrogens is 2. The van der Waals surface area contributed by atoms with Crippen molar-refractivity contribution in [3.05, 3.63) is 18.2 Å². The summed E-state index contributed by atoms with van der Waals surface area (Å²) in [5.74, 6) is -3.22. The van der Waals surface area contributed by atoms with Crippen molar-refractivity contribution in [1.29, 1.82) is 0 Å². The molecule has 3 amide bonds. The van der Waals surface area contributed by atoms with Crippen LogP contribution >= 0.6 is 0 Å². The number of carboxylic acids is 1. The summed E-state index contributed by atoms with van der Waals surface area (Å²) < 4.78 is 0. The number of aliphatic imine (C=N–C) groups is 1. The number of amides is 3. The summed E-state index contributed by atoms with van der Waals surface area (Å²) in [5.41, 5.74) is 16.3. The molecule has 0 saturated carbocycles. The lowest BCUT2D eigenvalue weighted by Gasteiger charge is -2.22. The zero-order valence-corrected chi connectivity index (χ0v) is 17.1. The van der Waals surface area contributed by atoms with Crippen LogP contribution in [0.5, 0.6) is 0 Å². The van der Waals surface area contributed by atoms with E-state index in [9.17, 15) is 24.3 Å². The number of nitrogens with one attached hydrogen (secondary N) is 4. The molecule has 0 aromatic carbocycles. The molecule has 0 saturated heterocycles. The van der Waals surface area contributed by atoms with E-state index in [2.05, 4.69) is 30.9 Å². The molecule has 31 heavy (non-hydrogen) atoms. The fourth-order valence-corrected chi connectivity index (χ4v) is 2.52. The minimum atomic E-state index is -1.24. The summed E-state index contributed by atoms with van der Waals surface area (Å²) in [6.45, 7) is 1.32. The molecule has 0 fully saturated rings. The summed E-state index contributed by atoms with van der Waals surface area (Å²) in [5, 5.41) is 16.6. The zero-order valence-electron chi connectivity index (χ0n) is 17.1. The topological polar surface area (TPSA) is 244 Å². The first-order valence-electron chi connectivity index (χ1n) is 9.49. The number of carbonyl (C=O) groups excluding carboxylic acids is 3. The van der Waals surface area contributed by atoms with E-state index in [0.717, 1.165) is 0 Å². The molecule has 172 valence electrons. The highest BCUT2D eigenvalue weighted by Crippen LogP contribution is 2.02. The number of carboxylic acid groups (broad SMARTS) is 1. The normalized spacial score (nSPS) is 13.4. The van der Waals surface area contributed by atoms with Gasteiger partial charge >= 0.3 is 5.97 Å². The summed E-state index contributed by atoms with van der Waals surface area (Å²) in [6.07, 6.45) is 3.40. The molecule has 14 nitrogen and oxygen atoms in total. The number of imidazole rings is 1. The highest BCUT2D eigenvalue weighted by Gasteiger charge is 2.27. The highest BCUT2D eigenvalue weighted by molar-refractivity contribution is 5.93. The lowest BCUT2D eigenvalue weighted by molar-refractivity contribution is -0.142. The largest absolute Gasteiger partial charge is 0.480 e. The van der Waals surface area contributed by atoms with E-state index in [-0.39, 0.29) is 31.9 Å². The third-order valence-corrected chi connectivity index (χ3v) is 4.13. The van der Waals surface area contributed by atoms with Crippen molar-refractivity contribution in [2.75, 3.05) is 13.1 Å². The highest BCUT2D eigenvalue weighted by atomic mass is 16.4. The molecule has 3 atom stereocenters. The fraction of sp³-hybridized carbons (Fsp3) is 0.529. The zero-order chi connectivity index (χ0) is 23.4. The number of nitrogens with two attached hydrogens (primary N) is 3. The van der Waals surface area contributed by atoms with Gasteiger partial charge in [-0.2, -0.15) is 0 Å². The summed E-state index contributed by atoms with van der Waals surface area (Å²) >= 11 is 0. The Morgan fingerprint density at radius 2 is 1.87 bits per heavy atom. The number of hydrogen-bond donors (Lipinski definition) is 8. The minimum absolute atomic E-state index is 0.0122. The maximum absolute atomic E-state index is 12.6. The number of aromatic amines is 1. The van der Waals surface area contributed by atoms with Gasteiger partial charge in [-0.05, 0) is 19.8 Å². The van der Waals surface area contributed by atoms with Crippen LogP contribution in [0.15, 0.2) is 17.5 Å². The van der Waals surface area contributed by atoms with Crippen molar-refractivity contribution in [3.63, 3.8) is 0 Å². The van der Waals surface area contributed by atoms with Crippen molar-refractivity contribution in [2.24, 2.45) is 22.2 Å². The average Bonchev–Trinajstić information content (AvgIpc) is 3.22. The number of hydrogen-bond acceptors (Lipinski definition) is 7. The van der Waals surface area contributed by atoms with E-state index in [1.165, 1.54) is 19.4 Å². The molecule has 0 spiro atoms. The number of nitrogens with zero attached hydrogens (tertiary/aromatic N) is 2. The van der Waals surface area contributed by atoms with Crippen molar-refractivity contribution >= 4 is 29.7 Å². The molecule has 1 rings (SSSR count). The Balaban J connectivity index is 2.69. The van der Waals surface area contributed by atoms with Gasteiger partial charge in [0.1, 0.15) is 18.1 Å². The van der Waals surface area contributed by atoms with Crippen molar-refractivity contribution in [1.82, 2.24) is 25.9 Å². The number of H-pyrrole nitrogens is 1. The Hall–Kier alpha value is -3.68. The van der Waals surface area contributed by atoms with Crippen LogP contribution in [0.1, 0.15) is 25.5 Å². The smallest absolute Gasteiger partial charge is 0.326 e. The Bertz CT molecular complexity index is 777. The van der Waals surface area contributed by atoms with Gasteiger partial charge in [0.15, 0.2) is 5.96 Å². The first kappa shape index (κ1) is 25.4. The number of rotatable bonds is 13. The average molecular weight is 439 g/mol. The Kier molecular flexibility index (Phi) is 10.5. The molecular weight excluding hydrogens is 410 g/mol. The van der Waals surface area contributed by atoms with Crippen LogP contribution in [-0.4, -0.2) is 75.9 Å². The monoisotopic (exact) mass is 439 g/mol. The van der Waals surface area contributed by atoms with Crippen LogP contribution in [-0.2, 0) is 25.6 Å². The molecule has 11 N–H and O–H groups in total. The van der Waals surface area contributed by atoms with E-state index in [1.807, 2.05) is 0 Å². The predicted octanol–water partition coefficient (Wildman–Crippen LogP) is -3.48. The van der Waals surface area contributed by atoms with Crippen molar-refractivity contribution in [2.45, 2.75) is 44.3 Å². The van der Waals surface area contributed by atoms with Gasteiger partial charge in [0.05, 0.1) is 12.9 Å². The van der Waals surface area contributed by atoms with Crippen LogP contribution in [0.3, 0.4) is 0 Å². The van der Waals surface area contributed by atoms with Gasteiger partial charge in [-0.3, -0.25) is 19.4 Å². The van der Waals surface area contributed by atoms with Gasteiger partial charge in [-0.25, -0.2) is 9.78 Å². The molecule has 3 unspecified atom stereocenters. The molecule has 14 heteroatoms. The van der Waals surface area contributed by atoms with Crippen LogP contribution in [0.2, 0.25) is 0 Å². The summed E-state index contributed by atoms with van der Waals surface area (Å²) in [4.78, 5) is 58.4. The first-order chi connectivity index (χ1) is 14.6. The number of aliphatic carboxylic acids is 1. The molecular formula is C17H29N9O5. The molecule has 0 radical (unpaired) electrons. The number of carbonyl (C=O) groups is 4. The van der Waals surface area contributed by atoms with Gasteiger partial charge in [0, 0.05) is 24.9 Å². The van der Waals surface area contributed by atoms with Crippen molar-refractivity contribution in [3.8, 4) is 0 Å². The lowest BCUT2D eigenvalue weighted by Crippen LogP contribution is -2.55. The van der Waals surface area contributed by atoms with Gasteiger partial charge in [-0.1, -0.05) is 0 Å². The van der Waals surface area contributed by atoms with Gasteiger partial charge in [-0.15, -0.1) is 0 Å². The lowest BCUT2D eigenvalue weighted by atomic mass is 10.1. The molecule has 0 aliphatic heterocycles. The van der Waals surface area contributed by atoms with Crippen LogP contribution < -0.4 is 33.2 Å². The molecule has 1 aromatic rings. The Labute approximate surface area is 178 Å². The predicted molar refractivity (Wildman–Crippen MR) is 110 cm³/mol. The van der Waals surface area contributed by atoms with E-state index < -0.39 is 41.8 Å². The maximum atomic E-state index is 12.6. The second-order valence-corrected chi connectivity index (χ2v) is 6.68. The second-order valence-electron chi connectivity index (χ2n) is 6.68. The van der Waals surface area contributed by atoms with Crippen LogP contribution in [0.25, 0.3) is 0 Å². The van der Waals surface area contributed by atoms with Gasteiger partial charge < -0.3 is 43.2 Å². The Morgan fingerprint density at radius 1 is 1.16 bits per heavy atom. The van der Waals surface area contributed by atoms with Crippen LogP contribution in [0.4, 0.5) is 0 Å². The molecule has 1 aromatic heterocycles. The van der Waals surface area contributed by atoms with E-state index >= 15 is 0 Å². The second kappa shape index (κ2) is 12.8. The summed E-state index contributed by atoms with van der Waals surface area (Å²) in [6, 6.07) is -3.26.